The molecule has 0 radical (unpaired) electrons. The standard InChI is InChI=1S/C11H10BrN3O4S/c1-6-2-3-8(12)9(4-6)15-20(18,19)10-7(11(16)17)5-13-14-10/h2-5,15H,1H3,(H,13,14)(H,16,17). The van der Waals surface area contributed by atoms with Gasteiger partial charge in [0.1, 0.15) is 5.56 Å². The summed E-state index contributed by atoms with van der Waals surface area (Å²) < 4.78 is 27.2. The highest BCUT2D eigenvalue weighted by molar-refractivity contribution is 9.10. The van der Waals surface area contributed by atoms with E-state index < -0.39 is 26.6 Å². The molecular formula is C11H10BrN3O4S. The summed E-state index contributed by atoms with van der Waals surface area (Å²) in [5.74, 6) is -1.37. The summed E-state index contributed by atoms with van der Waals surface area (Å²) in [4.78, 5) is 10.9. The average Bonchev–Trinajstić information content (AvgIpc) is 2.83. The molecule has 1 heterocycles. The van der Waals surface area contributed by atoms with Crippen LogP contribution in [0, 0.1) is 6.92 Å². The zero-order valence-electron chi connectivity index (χ0n) is 10.2. The van der Waals surface area contributed by atoms with Crippen molar-refractivity contribution in [1.29, 1.82) is 0 Å². The van der Waals surface area contributed by atoms with E-state index in [2.05, 4.69) is 30.8 Å². The van der Waals surface area contributed by atoms with Gasteiger partial charge in [0.05, 0.1) is 11.9 Å². The van der Waals surface area contributed by atoms with Gasteiger partial charge < -0.3 is 5.11 Å². The lowest BCUT2D eigenvalue weighted by Crippen LogP contribution is -2.17. The van der Waals surface area contributed by atoms with Crippen molar-refractivity contribution in [3.8, 4) is 0 Å². The summed E-state index contributed by atoms with van der Waals surface area (Å²) in [6.07, 6.45) is 0.947. The zero-order valence-corrected chi connectivity index (χ0v) is 12.6. The third-order valence-corrected chi connectivity index (χ3v) is 4.50. The van der Waals surface area contributed by atoms with Gasteiger partial charge in [0.2, 0.25) is 0 Å². The van der Waals surface area contributed by atoms with Gasteiger partial charge >= 0.3 is 5.97 Å². The minimum Gasteiger partial charge on any atom is -0.478 e. The SMILES string of the molecule is Cc1ccc(Br)c(NS(=O)(=O)c2[nH]ncc2C(=O)O)c1. The van der Waals surface area contributed by atoms with Crippen LogP contribution in [0.1, 0.15) is 15.9 Å². The predicted molar refractivity (Wildman–Crippen MR) is 75.2 cm³/mol. The van der Waals surface area contributed by atoms with Gasteiger partial charge in [-0.3, -0.25) is 9.82 Å². The number of nitrogens with one attached hydrogen (secondary N) is 2. The Hall–Kier alpha value is -1.87. The van der Waals surface area contributed by atoms with Crippen molar-refractivity contribution in [1.82, 2.24) is 10.2 Å². The van der Waals surface area contributed by atoms with Crippen molar-refractivity contribution in [2.45, 2.75) is 11.9 Å². The van der Waals surface area contributed by atoms with Crippen LogP contribution < -0.4 is 4.72 Å². The van der Waals surface area contributed by atoms with Crippen LogP contribution in [0.4, 0.5) is 5.69 Å². The number of nitrogens with zero attached hydrogens (tertiary/aromatic N) is 1. The highest BCUT2D eigenvalue weighted by atomic mass is 79.9. The number of sulfonamides is 1. The van der Waals surface area contributed by atoms with Crippen molar-refractivity contribution >= 4 is 37.6 Å². The Morgan fingerprint density at radius 2 is 2.15 bits per heavy atom. The summed E-state index contributed by atoms with van der Waals surface area (Å²) in [6, 6.07) is 5.12. The molecule has 0 atom stereocenters. The highest BCUT2D eigenvalue weighted by Gasteiger charge is 2.25. The Kier molecular flexibility index (Phi) is 3.82. The Bertz CT molecular complexity index is 770. The Morgan fingerprint density at radius 3 is 2.80 bits per heavy atom. The normalized spacial score (nSPS) is 11.3. The van der Waals surface area contributed by atoms with Gasteiger partial charge in [-0.15, -0.1) is 0 Å². The number of hydrogen-bond donors (Lipinski definition) is 3. The molecular weight excluding hydrogens is 350 g/mol. The summed E-state index contributed by atoms with van der Waals surface area (Å²) in [6.45, 7) is 1.81. The molecule has 9 heteroatoms. The molecule has 7 nitrogen and oxygen atoms in total. The number of carboxylic acid groups (broad SMARTS) is 1. The van der Waals surface area contributed by atoms with E-state index in [0.29, 0.717) is 10.2 Å². The Morgan fingerprint density at radius 1 is 1.45 bits per heavy atom. The highest BCUT2D eigenvalue weighted by Crippen LogP contribution is 2.26. The van der Waals surface area contributed by atoms with Crippen molar-refractivity contribution in [3.05, 3.63) is 40.0 Å². The molecule has 0 spiro atoms. The number of rotatable bonds is 4. The third-order valence-electron chi connectivity index (χ3n) is 2.47. The molecule has 106 valence electrons. The van der Waals surface area contributed by atoms with Crippen LogP contribution in [0.2, 0.25) is 0 Å². The van der Waals surface area contributed by atoms with E-state index in [1.54, 1.807) is 18.2 Å². The molecule has 2 aromatic rings. The van der Waals surface area contributed by atoms with Gasteiger partial charge in [-0.05, 0) is 40.5 Å². The van der Waals surface area contributed by atoms with Crippen molar-refractivity contribution in [2.24, 2.45) is 0 Å². The average molecular weight is 360 g/mol. The molecule has 1 aromatic carbocycles. The lowest BCUT2D eigenvalue weighted by Gasteiger charge is -2.09. The third kappa shape index (κ3) is 2.83. The second-order valence-corrected chi connectivity index (χ2v) is 6.48. The maximum absolute atomic E-state index is 12.2. The molecule has 2 rings (SSSR count). The summed E-state index contributed by atoms with van der Waals surface area (Å²) >= 11 is 3.22. The van der Waals surface area contributed by atoms with Crippen molar-refractivity contribution in [2.75, 3.05) is 4.72 Å². The number of aromatic amines is 1. The van der Waals surface area contributed by atoms with Crippen molar-refractivity contribution < 1.29 is 18.3 Å². The van der Waals surface area contributed by atoms with Crippen molar-refractivity contribution in [3.63, 3.8) is 0 Å². The molecule has 0 saturated carbocycles. The molecule has 1 aromatic heterocycles. The number of hydrogen-bond acceptors (Lipinski definition) is 4. The summed E-state index contributed by atoms with van der Waals surface area (Å²) in [5.41, 5.74) is 0.756. The first-order valence-electron chi connectivity index (χ1n) is 5.37. The smallest absolute Gasteiger partial charge is 0.340 e. The number of benzene rings is 1. The monoisotopic (exact) mass is 359 g/mol. The van der Waals surface area contributed by atoms with E-state index in [0.717, 1.165) is 11.8 Å². The minimum atomic E-state index is -4.06. The summed E-state index contributed by atoms with van der Waals surface area (Å²) in [5, 5.41) is 14.1. The van der Waals surface area contributed by atoms with Crippen LogP contribution in [0.3, 0.4) is 0 Å². The van der Waals surface area contributed by atoms with E-state index >= 15 is 0 Å². The first-order chi connectivity index (χ1) is 9.31. The number of carbonyl (C=O) groups is 1. The van der Waals surface area contributed by atoms with Crippen LogP contribution in [-0.2, 0) is 10.0 Å². The second kappa shape index (κ2) is 5.25. The van der Waals surface area contributed by atoms with E-state index in [1.807, 2.05) is 6.92 Å². The Balaban J connectivity index is 2.44. The van der Waals surface area contributed by atoms with Crippen LogP contribution in [-0.4, -0.2) is 29.7 Å². The van der Waals surface area contributed by atoms with Crippen LogP contribution in [0.25, 0.3) is 0 Å². The quantitative estimate of drug-likeness (QED) is 0.772. The molecule has 0 unspecified atom stereocenters. The second-order valence-electron chi connectivity index (χ2n) is 4.01. The number of carboxylic acids is 1. The van der Waals surface area contributed by atoms with Gasteiger partial charge in [-0.25, -0.2) is 4.79 Å². The largest absolute Gasteiger partial charge is 0.478 e. The lowest BCUT2D eigenvalue weighted by atomic mass is 10.2. The molecule has 3 N–H and O–H groups in total. The maximum atomic E-state index is 12.2. The maximum Gasteiger partial charge on any atom is 0.340 e. The number of aromatic nitrogens is 2. The molecule has 0 amide bonds. The van der Waals surface area contributed by atoms with E-state index in [4.69, 9.17) is 5.11 Å². The molecule has 0 aliphatic rings. The molecule has 0 aliphatic heterocycles. The number of H-pyrrole nitrogens is 1. The Labute approximate surface area is 123 Å². The van der Waals surface area contributed by atoms with Gasteiger partial charge in [-0.1, -0.05) is 6.07 Å². The van der Waals surface area contributed by atoms with Gasteiger partial charge in [0.25, 0.3) is 10.0 Å². The minimum absolute atomic E-state index is 0.316. The predicted octanol–water partition coefficient (Wildman–Crippen LogP) is 1.98. The van der Waals surface area contributed by atoms with Gasteiger partial charge in [-0.2, -0.15) is 13.5 Å². The fraction of sp³-hybridized carbons (Fsp3) is 0.0909. The number of aromatic carboxylic acids is 1. The van der Waals surface area contributed by atoms with E-state index in [1.165, 1.54) is 0 Å². The van der Waals surface area contributed by atoms with E-state index in [-0.39, 0.29) is 0 Å². The number of aryl methyl sites for hydroxylation is 1. The molecule has 0 bridgehead atoms. The fourth-order valence-corrected chi connectivity index (χ4v) is 3.18. The molecule has 20 heavy (non-hydrogen) atoms. The van der Waals surface area contributed by atoms with Crippen LogP contribution in [0.15, 0.2) is 33.9 Å². The zero-order chi connectivity index (χ0) is 14.9. The molecule has 0 fully saturated rings. The molecule has 0 saturated heterocycles. The lowest BCUT2D eigenvalue weighted by molar-refractivity contribution is 0.0692. The number of halogens is 1. The first kappa shape index (κ1) is 14.5. The van der Waals surface area contributed by atoms with Gasteiger partial charge in [0, 0.05) is 4.47 Å². The van der Waals surface area contributed by atoms with Crippen LogP contribution >= 0.6 is 15.9 Å². The molecule has 0 aliphatic carbocycles. The van der Waals surface area contributed by atoms with Gasteiger partial charge in [0.15, 0.2) is 5.03 Å². The van der Waals surface area contributed by atoms with E-state index in [9.17, 15) is 13.2 Å². The number of anilines is 1. The van der Waals surface area contributed by atoms with Crippen LogP contribution in [0.5, 0.6) is 0 Å². The summed E-state index contributed by atoms with van der Waals surface area (Å²) in [7, 11) is -4.06. The topological polar surface area (TPSA) is 112 Å². The fourth-order valence-electron chi connectivity index (χ4n) is 1.54. The first-order valence-corrected chi connectivity index (χ1v) is 7.64.